The van der Waals surface area contributed by atoms with Gasteiger partial charge in [0.25, 0.3) is 10.1 Å². The van der Waals surface area contributed by atoms with Crippen LogP contribution in [0.25, 0.3) is 0 Å². The van der Waals surface area contributed by atoms with Crippen molar-refractivity contribution in [3.63, 3.8) is 0 Å². The fourth-order valence-corrected chi connectivity index (χ4v) is 2.75. The monoisotopic (exact) mass is 371 g/mol. The number of alkyl carbamates (subject to hydrolysis) is 1. The smallest absolute Gasteiger partial charge is 0.407 e. The second-order valence-electron chi connectivity index (χ2n) is 7.93. The highest BCUT2D eigenvalue weighted by Crippen LogP contribution is 2.25. The van der Waals surface area contributed by atoms with Gasteiger partial charge in [-0.25, -0.2) is 4.79 Å². The van der Waals surface area contributed by atoms with Crippen LogP contribution in [0.4, 0.5) is 4.79 Å². The minimum absolute atomic E-state index is 0.0969. The van der Waals surface area contributed by atoms with E-state index < -0.39 is 21.8 Å². The van der Waals surface area contributed by atoms with Gasteiger partial charge in [-0.05, 0) is 43.7 Å². The van der Waals surface area contributed by atoms with E-state index >= 15 is 0 Å². The topological polar surface area (TPSA) is 81.7 Å². The Kier molecular flexibility index (Phi) is 7.02. The van der Waals surface area contributed by atoms with Crippen molar-refractivity contribution in [2.45, 2.75) is 53.2 Å². The number of carbonyl (C=O) groups is 1. The molecular weight excluding hydrogens is 342 g/mol. The summed E-state index contributed by atoms with van der Waals surface area (Å²) in [6.07, 6.45) is 1.19. The molecule has 1 aromatic rings. The van der Waals surface area contributed by atoms with E-state index in [2.05, 4.69) is 5.32 Å². The fraction of sp³-hybridized carbons (Fsp3) is 0.611. The number of hydrogen-bond donors (Lipinski definition) is 1. The molecule has 1 aromatic carbocycles. The molecule has 0 saturated carbocycles. The predicted molar refractivity (Wildman–Crippen MR) is 97.8 cm³/mol. The lowest BCUT2D eigenvalue weighted by Gasteiger charge is -2.25. The molecule has 0 unspecified atom stereocenters. The maximum Gasteiger partial charge on any atom is 0.407 e. The summed E-state index contributed by atoms with van der Waals surface area (Å²) in [4.78, 5) is 11.8. The molecule has 6 nitrogen and oxygen atoms in total. The fourth-order valence-electron chi connectivity index (χ4n) is 2.22. The van der Waals surface area contributed by atoms with Crippen LogP contribution in [-0.2, 0) is 32.0 Å². The van der Waals surface area contributed by atoms with Crippen LogP contribution in [0.1, 0.15) is 45.7 Å². The second-order valence-corrected chi connectivity index (χ2v) is 9.58. The third-order valence-corrected chi connectivity index (χ3v) is 3.82. The van der Waals surface area contributed by atoms with Crippen molar-refractivity contribution < 1.29 is 22.1 Å². The Balaban J connectivity index is 2.74. The molecule has 1 N–H and O–H groups in total. The van der Waals surface area contributed by atoms with E-state index in [0.29, 0.717) is 13.0 Å². The minimum atomic E-state index is -3.47. The van der Waals surface area contributed by atoms with Crippen molar-refractivity contribution in [3.8, 4) is 0 Å². The van der Waals surface area contributed by atoms with Gasteiger partial charge >= 0.3 is 6.09 Å². The largest absolute Gasteiger partial charge is 0.444 e. The molecule has 0 fully saturated rings. The van der Waals surface area contributed by atoms with Gasteiger partial charge in [0.1, 0.15) is 5.60 Å². The predicted octanol–water partition coefficient (Wildman–Crippen LogP) is 3.26. The number of benzene rings is 1. The summed E-state index contributed by atoms with van der Waals surface area (Å²) in [7, 11) is -3.47. The van der Waals surface area contributed by atoms with E-state index in [4.69, 9.17) is 8.92 Å². The van der Waals surface area contributed by atoms with Crippen LogP contribution in [0.2, 0.25) is 0 Å². The van der Waals surface area contributed by atoms with Gasteiger partial charge in [-0.15, -0.1) is 0 Å². The van der Waals surface area contributed by atoms with Gasteiger partial charge in [0.2, 0.25) is 0 Å². The average Bonchev–Trinajstić information content (AvgIpc) is 2.41. The molecule has 0 aliphatic carbocycles. The Labute approximate surface area is 151 Å². The number of hydrogen-bond acceptors (Lipinski definition) is 5. The minimum Gasteiger partial charge on any atom is -0.444 e. The summed E-state index contributed by atoms with van der Waals surface area (Å²) < 4.78 is 32.6. The lowest BCUT2D eigenvalue weighted by molar-refractivity contribution is 0.0523. The van der Waals surface area contributed by atoms with Gasteiger partial charge in [0, 0.05) is 6.54 Å². The highest BCUT2D eigenvalue weighted by Gasteiger charge is 2.23. The summed E-state index contributed by atoms with van der Waals surface area (Å²) in [5.41, 5.74) is 1.07. The van der Waals surface area contributed by atoms with Crippen LogP contribution >= 0.6 is 0 Å². The molecule has 142 valence electrons. The first-order chi connectivity index (χ1) is 11.3. The van der Waals surface area contributed by atoms with E-state index in [1.165, 1.54) is 0 Å². The van der Waals surface area contributed by atoms with Crippen molar-refractivity contribution in [3.05, 3.63) is 35.4 Å². The van der Waals surface area contributed by atoms with Gasteiger partial charge < -0.3 is 10.1 Å². The molecule has 0 aliphatic rings. The van der Waals surface area contributed by atoms with Gasteiger partial charge in [-0.1, -0.05) is 38.1 Å². The average molecular weight is 371 g/mol. The zero-order chi connectivity index (χ0) is 19.3. The molecule has 7 heteroatoms. The number of ether oxygens (including phenoxy) is 1. The highest BCUT2D eigenvalue weighted by molar-refractivity contribution is 7.85. The van der Waals surface area contributed by atoms with Crippen LogP contribution in [0.15, 0.2) is 24.3 Å². The van der Waals surface area contributed by atoms with Crippen molar-refractivity contribution in [2.75, 3.05) is 12.9 Å². The van der Waals surface area contributed by atoms with E-state index in [0.717, 1.165) is 17.4 Å². The quantitative estimate of drug-likeness (QED) is 0.744. The van der Waals surface area contributed by atoms with Crippen molar-refractivity contribution in [1.82, 2.24) is 5.32 Å². The maximum absolute atomic E-state index is 11.8. The first kappa shape index (κ1) is 21.4. The molecule has 0 radical (unpaired) electrons. The van der Waals surface area contributed by atoms with Gasteiger partial charge in [-0.3, -0.25) is 4.18 Å². The summed E-state index contributed by atoms with van der Waals surface area (Å²) in [5, 5.41) is 2.75. The Morgan fingerprint density at radius 3 is 2.16 bits per heavy atom. The van der Waals surface area contributed by atoms with Crippen molar-refractivity contribution in [1.29, 1.82) is 0 Å². The lowest BCUT2D eigenvalue weighted by Crippen LogP contribution is -2.32. The molecule has 1 amide bonds. The normalized spacial score (nSPS) is 12.7. The first-order valence-corrected chi connectivity index (χ1v) is 9.97. The van der Waals surface area contributed by atoms with Crippen LogP contribution in [0.5, 0.6) is 0 Å². The summed E-state index contributed by atoms with van der Waals surface area (Å²) in [6.45, 7) is 9.75. The standard InChI is InChI=1S/C18H29NO5S/c1-17(2,3)24-16(20)19-12-15-10-8-7-9-14(15)11-18(4,5)13-23-25(6,21)22/h7-10H,11-13H2,1-6H3,(H,19,20). The summed E-state index contributed by atoms with van der Waals surface area (Å²) in [6, 6.07) is 7.71. The highest BCUT2D eigenvalue weighted by atomic mass is 32.2. The van der Waals surface area contributed by atoms with Crippen LogP contribution in [0, 0.1) is 5.41 Å². The Bertz CT molecular complexity index is 690. The van der Waals surface area contributed by atoms with Crippen LogP contribution < -0.4 is 5.32 Å². The molecule has 25 heavy (non-hydrogen) atoms. The lowest BCUT2D eigenvalue weighted by atomic mass is 9.85. The Morgan fingerprint density at radius 2 is 1.64 bits per heavy atom. The van der Waals surface area contributed by atoms with Crippen LogP contribution in [0.3, 0.4) is 0 Å². The number of amides is 1. The summed E-state index contributed by atoms with van der Waals surface area (Å²) >= 11 is 0. The van der Waals surface area contributed by atoms with E-state index in [1.54, 1.807) is 0 Å². The second kappa shape index (κ2) is 8.19. The molecule has 0 saturated heterocycles. The third-order valence-electron chi connectivity index (χ3n) is 3.27. The summed E-state index contributed by atoms with van der Waals surface area (Å²) in [5.74, 6) is 0. The van der Waals surface area contributed by atoms with E-state index in [-0.39, 0.29) is 12.0 Å². The number of carbonyl (C=O) groups excluding carboxylic acids is 1. The zero-order valence-corrected chi connectivity index (χ0v) is 16.7. The Hall–Kier alpha value is -1.60. The number of nitrogens with one attached hydrogen (secondary N) is 1. The maximum atomic E-state index is 11.8. The first-order valence-electron chi connectivity index (χ1n) is 8.15. The molecule has 0 aliphatic heterocycles. The van der Waals surface area contributed by atoms with Gasteiger partial charge in [0.05, 0.1) is 12.9 Å². The Morgan fingerprint density at radius 1 is 1.08 bits per heavy atom. The molecule has 1 rings (SSSR count). The van der Waals surface area contributed by atoms with Crippen LogP contribution in [-0.4, -0.2) is 33.0 Å². The zero-order valence-electron chi connectivity index (χ0n) is 15.9. The molecule has 0 bridgehead atoms. The molecule has 0 aromatic heterocycles. The van der Waals surface area contributed by atoms with Gasteiger partial charge in [0.15, 0.2) is 0 Å². The van der Waals surface area contributed by atoms with Gasteiger partial charge in [-0.2, -0.15) is 8.42 Å². The number of rotatable bonds is 7. The molecular formula is C18H29NO5S. The van der Waals surface area contributed by atoms with E-state index in [1.807, 2.05) is 58.9 Å². The molecule has 0 spiro atoms. The van der Waals surface area contributed by atoms with E-state index in [9.17, 15) is 13.2 Å². The van der Waals surface area contributed by atoms with Crippen molar-refractivity contribution >= 4 is 16.2 Å². The molecule has 0 heterocycles. The third kappa shape index (κ3) is 9.45. The SMILES string of the molecule is CC(C)(COS(C)(=O)=O)Cc1ccccc1CNC(=O)OC(C)(C)C. The van der Waals surface area contributed by atoms with Crippen molar-refractivity contribution in [2.24, 2.45) is 5.41 Å². The molecule has 0 atom stereocenters.